The van der Waals surface area contributed by atoms with Gasteiger partial charge in [0.05, 0.1) is 30.5 Å². The smallest absolute Gasteiger partial charge is 0.254 e. The van der Waals surface area contributed by atoms with E-state index in [1.165, 1.54) is 12.1 Å². The quantitative estimate of drug-likeness (QED) is 0.442. The van der Waals surface area contributed by atoms with E-state index in [0.717, 1.165) is 17.4 Å². The predicted octanol–water partition coefficient (Wildman–Crippen LogP) is 5.03. The van der Waals surface area contributed by atoms with Crippen LogP contribution in [-0.2, 0) is 10.0 Å². The zero-order valence-corrected chi connectivity index (χ0v) is 19.4. The van der Waals surface area contributed by atoms with E-state index in [4.69, 9.17) is 10.5 Å². The van der Waals surface area contributed by atoms with E-state index in [1.54, 1.807) is 56.3 Å². The Bertz CT molecular complexity index is 1260. The highest BCUT2D eigenvalue weighted by Gasteiger charge is 2.19. The highest BCUT2D eigenvalue weighted by atomic mass is 32.2. The zero-order chi connectivity index (χ0) is 24.8. The van der Waals surface area contributed by atoms with Gasteiger partial charge in [0.1, 0.15) is 22.9 Å². The van der Waals surface area contributed by atoms with Gasteiger partial charge in [0.25, 0.3) is 5.91 Å². The summed E-state index contributed by atoms with van der Waals surface area (Å²) in [4.78, 5) is 12.2. The van der Waals surface area contributed by atoms with Crippen LogP contribution in [0.15, 0.2) is 54.6 Å². The van der Waals surface area contributed by atoms with Crippen LogP contribution in [0, 0.1) is 19.7 Å². The van der Waals surface area contributed by atoms with Crippen molar-refractivity contribution in [3.05, 3.63) is 77.1 Å². The van der Waals surface area contributed by atoms with Gasteiger partial charge in [-0.25, -0.2) is 12.8 Å². The molecular weight excluding hydrogens is 452 g/mol. The third-order valence-electron chi connectivity index (χ3n) is 4.25. The van der Waals surface area contributed by atoms with Gasteiger partial charge < -0.3 is 15.8 Å². The average molecular weight is 478 g/mol. The summed E-state index contributed by atoms with van der Waals surface area (Å²) >= 11 is 0. The molecule has 0 unspecified atom stereocenters. The monoisotopic (exact) mass is 477 g/mol. The summed E-state index contributed by atoms with van der Waals surface area (Å²) in [5.74, 6) is -0.803. The number of carbonyl (C=O) groups excluding carboxylic acids is 1. The molecule has 0 aliphatic heterocycles. The van der Waals surface area contributed by atoms with Crippen molar-refractivity contribution in [1.29, 1.82) is 0 Å². The third kappa shape index (κ3) is 7.18. The van der Waals surface area contributed by atoms with Crippen LogP contribution in [-0.4, -0.2) is 27.8 Å². The van der Waals surface area contributed by atoms with Crippen LogP contribution in [0.2, 0.25) is 0 Å². The van der Waals surface area contributed by atoms with E-state index in [1.807, 2.05) is 0 Å². The number of halogens is 2. The van der Waals surface area contributed by atoms with Crippen LogP contribution < -0.4 is 20.5 Å². The molecular formula is C23H25F2N3O4S. The molecule has 4 N–H and O–H groups in total. The van der Waals surface area contributed by atoms with Gasteiger partial charge in [-0.05, 0) is 61.4 Å². The third-order valence-corrected chi connectivity index (χ3v) is 4.86. The second kappa shape index (κ2) is 10.8. The predicted molar refractivity (Wildman–Crippen MR) is 126 cm³/mol. The number of rotatable bonds is 7. The normalized spacial score (nSPS) is 10.6. The van der Waals surface area contributed by atoms with E-state index in [2.05, 4.69) is 10.0 Å². The molecule has 0 aromatic heterocycles. The van der Waals surface area contributed by atoms with Gasteiger partial charge in [-0.2, -0.15) is 0 Å². The first-order valence-electron chi connectivity index (χ1n) is 9.63. The topological polar surface area (TPSA) is 111 Å². The molecule has 3 aromatic carbocycles. The Morgan fingerprint density at radius 3 is 2.27 bits per heavy atom. The maximum absolute atomic E-state index is 14.3. The van der Waals surface area contributed by atoms with Gasteiger partial charge in [-0.1, -0.05) is 12.1 Å². The fourth-order valence-electron chi connectivity index (χ4n) is 3.02. The maximum Gasteiger partial charge on any atom is 0.254 e. The fraction of sp³-hybridized carbons (Fsp3) is 0.174. The number of benzene rings is 3. The number of alkyl halides is 1. The number of hydrogen-bond donors (Lipinski definition) is 3. The molecule has 33 heavy (non-hydrogen) atoms. The van der Waals surface area contributed by atoms with E-state index in [9.17, 15) is 22.0 Å². The molecule has 176 valence electrons. The Hall–Kier alpha value is -3.66. The minimum atomic E-state index is -3.47. The molecule has 0 spiro atoms. The molecule has 0 saturated carbocycles. The van der Waals surface area contributed by atoms with E-state index in [-0.39, 0.29) is 28.4 Å². The summed E-state index contributed by atoms with van der Waals surface area (Å²) in [6.45, 7) is 3.56. The Morgan fingerprint density at radius 1 is 0.970 bits per heavy atom. The van der Waals surface area contributed by atoms with Crippen molar-refractivity contribution >= 4 is 33.0 Å². The van der Waals surface area contributed by atoms with E-state index in [0.29, 0.717) is 12.9 Å². The van der Waals surface area contributed by atoms with Crippen molar-refractivity contribution < 1.29 is 26.7 Å². The largest absolute Gasteiger partial charge is 0.456 e. The van der Waals surface area contributed by atoms with Crippen molar-refractivity contribution in [2.24, 2.45) is 5.73 Å². The molecule has 0 fully saturated rings. The highest BCUT2D eigenvalue weighted by Crippen LogP contribution is 2.35. The Balaban J connectivity index is 0.00000187. The second-order valence-corrected chi connectivity index (χ2v) is 8.91. The molecule has 0 bridgehead atoms. The molecule has 3 aromatic rings. The molecule has 0 aliphatic carbocycles. The number of nitrogens with two attached hydrogens (primary N) is 1. The zero-order valence-electron chi connectivity index (χ0n) is 18.6. The van der Waals surface area contributed by atoms with Crippen molar-refractivity contribution in [3.63, 3.8) is 0 Å². The Labute approximate surface area is 191 Å². The van der Waals surface area contributed by atoms with E-state index >= 15 is 0 Å². The first kappa shape index (κ1) is 25.6. The summed E-state index contributed by atoms with van der Waals surface area (Å²) in [7, 11) is -2.97. The molecule has 0 radical (unpaired) electrons. The Morgan fingerprint density at radius 2 is 1.67 bits per heavy atom. The minimum absolute atomic E-state index is 0.0343. The van der Waals surface area contributed by atoms with Crippen LogP contribution in [0.25, 0.3) is 0 Å². The average Bonchev–Trinajstić information content (AvgIpc) is 2.70. The van der Waals surface area contributed by atoms with Crippen LogP contribution in [0.4, 0.5) is 25.8 Å². The number of amides is 1. The molecule has 7 nitrogen and oxygen atoms in total. The summed E-state index contributed by atoms with van der Waals surface area (Å²) < 4.78 is 55.0. The summed E-state index contributed by atoms with van der Waals surface area (Å²) in [5.41, 5.74) is 7.90. The number of anilines is 3. The SMILES string of the molecule is CF.Cc1ccc(Nc2cc(C)cc(Oc3cccc(NS(C)(=O)=O)c3)c2C(N)=O)c(F)c1. The maximum atomic E-state index is 14.3. The summed E-state index contributed by atoms with van der Waals surface area (Å²) in [6, 6.07) is 14.2. The van der Waals surface area contributed by atoms with E-state index < -0.39 is 21.7 Å². The number of carbonyl (C=O) groups is 1. The first-order valence-corrected chi connectivity index (χ1v) is 11.5. The fourth-order valence-corrected chi connectivity index (χ4v) is 3.57. The lowest BCUT2D eigenvalue weighted by atomic mass is 10.1. The van der Waals surface area contributed by atoms with Crippen LogP contribution in [0.1, 0.15) is 21.5 Å². The standard InChI is InChI=1S/C22H22FN3O4S.CH3F/c1-13-7-8-18(17(23)9-13)25-19-10-14(2)11-20(21(19)22(24)27)30-16-6-4-5-15(12-16)26-31(3,28)29;1-2/h4-12,25-26H,1-3H3,(H2,24,27);1H3. The number of sulfonamides is 1. The van der Waals surface area contributed by atoms with Gasteiger partial charge in [0, 0.05) is 6.07 Å². The van der Waals surface area contributed by atoms with Gasteiger partial charge in [-0.3, -0.25) is 13.9 Å². The van der Waals surface area contributed by atoms with Crippen molar-refractivity contribution in [2.75, 3.05) is 23.5 Å². The first-order chi connectivity index (χ1) is 15.5. The minimum Gasteiger partial charge on any atom is -0.456 e. The lowest BCUT2D eigenvalue weighted by molar-refractivity contribution is 0.0999. The van der Waals surface area contributed by atoms with Gasteiger partial charge >= 0.3 is 0 Å². The highest BCUT2D eigenvalue weighted by molar-refractivity contribution is 7.92. The lowest BCUT2D eigenvalue weighted by Crippen LogP contribution is -2.15. The van der Waals surface area contributed by atoms with Crippen molar-refractivity contribution in [2.45, 2.75) is 13.8 Å². The number of primary amides is 1. The molecule has 0 saturated heterocycles. The van der Waals surface area contributed by atoms with Gasteiger partial charge in [0.15, 0.2) is 0 Å². The van der Waals surface area contributed by atoms with Crippen LogP contribution in [0.3, 0.4) is 0 Å². The molecule has 0 atom stereocenters. The number of nitrogens with one attached hydrogen (secondary N) is 2. The molecule has 1 amide bonds. The van der Waals surface area contributed by atoms with Gasteiger partial charge in [-0.15, -0.1) is 0 Å². The lowest BCUT2D eigenvalue weighted by Gasteiger charge is -2.17. The van der Waals surface area contributed by atoms with Crippen molar-refractivity contribution in [3.8, 4) is 11.5 Å². The summed E-state index contributed by atoms with van der Waals surface area (Å²) in [6.07, 6.45) is 1.04. The van der Waals surface area contributed by atoms with Crippen LogP contribution >= 0.6 is 0 Å². The molecule has 3 rings (SSSR count). The Kier molecular flexibility index (Phi) is 8.36. The second-order valence-electron chi connectivity index (χ2n) is 7.16. The number of hydrogen-bond acceptors (Lipinski definition) is 5. The summed E-state index contributed by atoms with van der Waals surface area (Å²) in [5, 5.41) is 2.91. The molecule has 0 aliphatic rings. The van der Waals surface area contributed by atoms with Crippen LogP contribution in [0.5, 0.6) is 11.5 Å². The molecule has 10 heteroatoms. The molecule has 0 heterocycles. The van der Waals surface area contributed by atoms with Gasteiger partial charge in [0.2, 0.25) is 10.0 Å². The van der Waals surface area contributed by atoms with Crippen molar-refractivity contribution in [1.82, 2.24) is 0 Å². The number of aryl methyl sites for hydroxylation is 2. The number of ether oxygens (including phenoxy) is 1.